The summed E-state index contributed by atoms with van der Waals surface area (Å²) in [5.41, 5.74) is 7.37. The number of nitrogen functional groups attached to an aromatic ring is 1. The van der Waals surface area contributed by atoms with Crippen LogP contribution in [-0.2, 0) is 36.7 Å². The minimum absolute atomic E-state index is 0.0552. The molecule has 0 radical (unpaired) electrons. The van der Waals surface area contributed by atoms with E-state index in [1.165, 1.54) is 28.1 Å². The summed E-state index contributed by atoms with van der Waals surface area (Å²) < 4.78 is 94.5. The maximum atomic E-state index is 16.0. The standard InChI is InChI=1S/C21H25BF2N9O9P2/c1-8-13-18(28-4-26-8)32(6-30-13)21-12(24)16-9(39-21)2-37-43(22,34)41-15-10(3-38-44(35,36)42-16)40-20(11(15)23)33-7-31-14-17(25)27-5-29-19(14)33/h4-7,9-12,15-16,20-21H,2-3H2,1,22H3,(H,35,36)(H2,25,27,29)/q-1/t9-,10-,11-,12-,15-,16-,20-,21-,43?/m1/s1. The second-order valence-corrected chi connectivity index (χ2v) is 12.1. The number of phosphoric ester groups is 1. The van der Waals surface area contributed by atoms with Gasteiger partial charge in [0.1, 0.15) is 55.6 Å². The summed E-state index contributed by atoms with van der Waals surface area (Å²) in [6.45, 7) is 0.383. The maximum absolute atomic E-state index is 16.0. The molecular weight excluding hydrogens is 633 g/mol. The Kier molecular flexibility index (Phi) is 7.30. The zero-order valence-corrected chi connectivity index (χ0v) is 23.6. The fraction of sp³-hybridized carbons (Fsp3) is 0.524. The molecule has 236 valence electrons. The quantitative estimate of drug-likeness (QED) is 0.220. The molecular formula is C21H25BF2N9O9P2-. The fourth-order valence-electron chi connectivity index (χ4n) is 5.18. The number of halogens is 2. The van der Waals surface area contributed by atoms with Crippen molar-refractivity contribution in [1.29, 1.82) is 0 Å². The van der Waals surface area contributed by atoms with Crippen molar-refractivity contribution in [2.24, 2.45) is 0 Å². The van der Waals surface area contributed by atoms with Gasteiger partial charge in [-0.1, -0.05) is 0 Å². The van der Waals surface area contributed by atoms with E-state index in [-0.39, 0.29) is 22.6 Å². The molecule has 3 fully saturated rings. The Labute approximate surface area is 246 Å². The van der Waals surface area contributed by atoms with E-state index >= 15 is 8.78 Å². The predicted octanol–water partition coefficient (Wildman–Crippen LogP) is 0.419. The molecule has 44 heavy (non-hydrogen) atoms. The summed E-state index contributed by atoms with van der Waals surface area (Å²) in [5, 5.41) is 0. The van der Waals surface area contributed by atoms with Gasteiger partial charge in [0.2, 0.25) is 0 Å². The highest BCUT2D eigenvalue weighted by Crippen LogP contribution is 2.54. The molecule has 0 bridgehead atoms. The lowest BCUT2D eigenvalue weighted by atomic mass is 10.1. The van der Waals surface area contributed by atoms with Crippen molar-refractivity contribution < 1.29 is 50.4 Å². The van der Waals surface area contributed by atoms with E-state index in [4.69, 9.17) is 33.3 Å². The number of nitrogens with two attached hydrogens (primary N) is 1. The number of hydrogen-bond donors (Lipinski definition) is 2. The first-order valence-corrected chi connectivity index (χ1v) is 15.3. The molecule has 3 N–H and O–H groups in total. The van der Waals surface area contributed by atoms with Crippen molar-refractivity contribution in [3.8, 4) is 0 Å². The van der Waals surface area contributed by atoms with Gasteiger partial charge in [0.05, 0.1) is 39.1 Å². The van der Waals surface area contributed by atoms with Crippen LogP contribution in [-0.4, -0.2) is 101 Å². The van der Waals surface area contributed by atoms with Crippen molar-refractivity contribution in [3.63, 3.8) is 0 Å². The average Bonchev–Trinajstić information content (AvgIpc) is 3.73. The summed E-state index contributed by atoms with van der Waals surface area (Å²) in [7, 11) is -10.2. The zero-order valence-electron chi connectivity index (χ0n) is 21.9. The van der Waals surface area contributed by atoms with E-state index in [0.29, 0.717) is 11.2 Å². The molecule has 7 heterocycles. The van der Waals surface area contributed by atoms with Gasteiger partial charge < -0.3 is 33.7 Å². The van der Waals surface area contributed by atoms with Crippen LogP contribution >= 0.6 is 15.3 Å². The number of nitrogens with zero attached hydrogens (tertiary/aromatic N) is 8. The second-order valence-electron chi connectivity index (χ2n) is 9.81. The minimum Gasteiger partial charge on any atom is -0.382 e. The third-order valence-corrected chi connectivity index (χ3v) is 8.98. The number of aryl methyl sites for hydroxylation is 1. The lowest BCUT2D eigenvalue weighted by Crippen LogP contribution is -2.37. The minimum atomic E-state index is -5.03. The van der Waals surface area contributed by atoms with Gasteiger partial charge in [-0.15, -0.1) is 0 Å². The number of alkyl halides is 2. The summed E-state index contributed by atoms with van der Waals surface area (Å²) in [6.07, 6.45) is -7.88. The van der Waals surface area contributed by atoms with Crippen LogP contribution in [0.4, 0.5) is 14.6 Å². The zero-order chi connectivity index (χ0) is 31.0. The van der Waals surface area contributed by atoms with Crippen LogP contribution in [0.1, 0.15) is 18.1 Å². The Morgan fingerprint density at radius 3 is 2.07 bits per heavy atom. The highest BCUT2D eigenvalue weighted by atomic mass is 31.2. The van der Waals surface area contributed by atoms with Crippen molar-refractivity contribution in [2.75, 3.05) is 18.9 Å². The highest BCUT2D eigenvalue weighted by molar-refractivity contribution is 7.79. The molecule has 3 aliphatic heterocycles. The Bertz CT molecular complexity index is 1710. The number of anilines is 1. The van der Waals surface area contributed by atoms with Crippen LogP contribution < -0.4 is 5.73 Å². The van der Waals surface area contributed by atoms with E-state index in [1.54, 1.807) is 6.92 Å². The maximum Gasteiger partial charge on any atom is 0.472 e. The van der Waals surface area contributed by atoms with E-state index in [0.717, 1.165) is 6.33 Å². The number of ether oxygens (including phenoxy) is 2. The number of rotatable bonds is 2. The second kappa shape index (κ2) is 10.8. The number of hydrogen-bond acceptors (Lipinski definition) is 15. The van der Waals surface area contributed by atoms with Crippen molar-refractivity contribution in [1.82, 2.24) is 39.0 Å². The molecule has 3 saturated heterocycles. The summed E-state index contributed by atoms with van der Waals surface area (Å²) in [4.78, 5) is 35.0. The lowest BCUT2D eigenvalue weighted by Gasteiger charge is -2.30. The van der Waals surface area contributed by atoms with Crippen molar-refractivity contribution in [3.05, 3.63) is 31.0 Å². The molecule has 4 aromatic rings. The average molecular weight is 658 g/mol. The Morgan fingerprint density at radius 2 is 1.41 bits per heavy atom. The molecule has 0 aliphatic carbocycles. The van der Waals surface area contributed by atoms with Crippen LogP contribution in [0.5, 0.6) is 0 Å². The molecule has 23 heteroatoms. The van der Waals surface area contributed by atoms with Gasteiger partial charge in [-0.2, -0.15) is 0 Å². The molecule has 0 saturated carbocycles. The first-order valence-electron chi connectivity index (χ1n) is 12.7. The molecule has 18 nitrogen and oxygen atoms in total. The van der Waals surface area contributed by atoms with E-state index in [9.17, 15) is 14.0 Å². The molecule has 0 aromatic carbocycles. The fourth-order valence-corrected chi connectivity index (χ4v) is 6.92. The third kappa shape index (κ3) is 5.11. The largest absolute Gasteiger partial charge is 0.472 e. The van der Waals surface area contributed by atoms with Crippen LogP contribution in [0.25, 0.3) is 22.3 Å². The van der Waals surface area contributed by atoms with E-state index < -0.39 is 85.3 Å². The SMILES string of the molecule is [BH3-]P1(=O)OC[C@H]2O[C@@H](n3cnc4c(C)ncnc43)[C@H](F)[C@@H]2OP(=O)(O)OC[C@H]2O[C@@H](n3cnc4c(N)ncnc43)[C@H](F)[C@@H]2O1. The smallest absolute Gasteiger partial charge is 0.382 e. The van der Waals surface area contributed by atoms with Gasteiger partial charge in [0.25, 0.3) is 0 Å². The molecule has 0 spiro atoms. The van der Waals surface area contributed by atoms with Crippen molar-refractivity contribution >= 4 is 51.0 Å². The van der Waals surface area contributed by atoms with Gasteiger partial charge in [-0.3, -0.25) is 18.2 Å². The first kappa shape index (κ1) is 29.7. The number of imidazole rings is 2. The Balaban J connectivity index is 1.17. The lowest BCUT2D eigenvalue weighted by molar-refractivity contribution is -0.0607. The van der Waals surface area contributed by atoms with E-state index in [2.05, 4.69) is 29.9 Å². The molecule has 0 amide bonds. The van der Waals surface area contributed by atoms with Crippen LogP contribution in [0, 0.1) is 6.92 Å². The molecule has 10 atom stereocenters. The van der Waals surface area contributed by atoms with Crippen LogP contribution in [0.15, 0.2) is 25.3 Å². The summed E-state index contributed by atoms with van der Waals surface area (Å²) in [6, 6.07) is 0. The normalized spacial score (nSPS) is 38.3. The molecule has 2 unspecified atom stereocenters. The van der Waals surface area contributed by atoms with E-state index in [1.807, 2.05) is 0 Å². The number of aromatic nitrogens is 8. The summed E-state index contributed by atoms with van der Waals surface area (Å²) in [5.74, 6) is 0.0552. The van der Waals surface area contributed by atoms with Crippen molar-refractivity contribution in [2.45, 2.75) is 56.1 Å². The molecule has 7 rings (SSSR count). The van der Waals surface area contributed by atoms with Crippen LogP contribution in [0.3, 0.4) is 0 Å². The van der Waals surface area contributed by atoms with Gasteiger partial charge in [0.15, 0.2) is 41.9 Å². The van der Waals surface area contributed by atoms with Gasteiger partial charge in [-0.25, -0.2) is 43.2 Å². The number of fused-ring (bicyclic) bond motifs is 4. The highest BCUT2D eigenvalue weighted by Gasteiger charge is 2.54. The monoisotopic (exact) mass is 658 g/mol. The van der Waals surface area contributed by atoms with Gasteiger partial charge in [-0.05, 0) is 6.92 Å². The topological polar surface area (TPSA) is 223 Å². The number of phosphoric acid groups is 1. The molecule has 3 aliphatic rings. The first-order chi connectivity index (χ1) is 20.9. The third-order valence-electron chi connectivity index (χ3n) is 7.22. The van der Waals surface area contributed by atoms with Gasteiger partial charge >= 0.3 is 7.82 Å². The van der Waals surface area contributed by atoms with Crippen LogP contribution in [0.2, 0.25) is 0 Å². The Morgan fingerprint density at radius 1 is 0.864 bits per heavy atom. The van der Waals surface area contributed by atoms with Gasteiger partial charge in [0, 0.05) is 0 Å². The predicted molar refractivity (Wildman–Crippen MR) is 146 cm³/mol. The Hall–Kier alpha value is -3.00. The molecule has 4 aromatic heterocycles. The summed E-state index contributed by atoms with van der Waals surface area (Å²) >= 11 is 0.